The van der Waals surface area contributed by atoms with Crippen LogP contribution in [0.4, 0.5) is 10.2 Å². The van der Waals surface area contributed by atoms with Gasteiger partial charge in [-0.1, -0.05) is 12.1 Å². The molecule has 0 atom stereocenters. The maximum Gasteiger partial charge on any atom is 0.230 e. The summed E-state index contributed by atoms with van der Waals surface area (Å²) in [4.78, 5) is 12.3. The highest BCUT2D eigenvalue weighted by Gasteiger charge is 2.14. The number of carbonyl (C=O) groups excluding carboxylic acids is 1. The number of aromatic amines is 1. The van der Waals surface area contributed by atoms with Gasteiger partial charge in [0.2, 0.25) is 5.91 Å². The highest BCUT2D eigenvalue weighted by molar-refractivity contribution is 6.00. The van der Waals surface area contributed by atoms with Crippen LogP contribution in [0.15, 0.2) is 36.4 Å². The zero-order valence-corrected chi connectivity index (χ0v) is 13.3. The van der Waals surface area contributed by atoms with E-state index in [1.807, 2.05) is 18.2 Å². The zero-order valence-electron chi connectivity index (χ0n) is 13.3. The number of rotatable bonds is 3. The molecule has 1 aliphatic heterocycles. The van der Waals surface area contributed by atoms with E-state index in [0.717, 1.165) is 12.0 Å². The maximum absolute atomic E-state index is 13.7. The quantitative estimate of drug-likeness (QED) is 0.768. The van der Waals surface area contributed by atoms with Crippen LogP contribution in [0.5, 0.6) is 11.5 Å². The van der Waals surface area contributed by atoms with Crippen LogP contribution in [0.25, 0.3) is 10.9 Å². The summed E-state index contributed by atoms with van der Waals surface area (Å²) in [5.41, 5.74) is 1.07. The molecule has 0 bridgehead atoms. The van der Waals surface area contributed by atoms with Gasteiger partial charge in [0.25, 0.3) is 0 Å². The molecule has 3 aromatic rings. The highest BCUT2D eigenvalue weighted by atomic mass is 19.1. The van der Waals surface area contributed by atoms with E-state index in [-0.39, 0.29) is 17.8 Å². The molecule has 1 amide bonds. The van der Waals surface area contributed by atoms with Gasteiger partial charge in [0, 0.05) is 11.8 Å². The summed E-state index contributed by atoms with van der Waals surface area (Å²) < 4.78 is 24.9. The van der Waals surface area contributed by atoms with Crippen molar-refractivity contribution in [2.24, 2.45) is 0 Å². The fourth-order valence-corrected chi connectivity index (χ4v) is 2.78. The molecule has 1 aromatic heterocycles. The Morgan fingerprint density at radius 2 is 2.04 bits per heavy atom. The third-order valence-corrected chi connectivity index (χ3v) is 3.98. The smallest absolute Gasteiger partial charge is 0.230 e. The van der Waals surface area contributed by atoms with Gasteiger partial charge in [-0.25, -0.2) is 4.39 Å². The SMILES string of the molecule is O=C(Cc1ccc2c(c1)OCCCO2)Nc1n[nH]c2c(F)cccc12. The predicted octanol–water partition coefficient (Wildman–Crippen LogP) is 3.04. The lowest BCUT2D eigenvalue weighted by molar-refractivity contribution is -0.115. The summed E-state index contributed by atoms with van der Waals surface area (Å²) in [6.07, 6.45) is 0.980. The molecule has 0 saturated carbocycles. The summed E-state index contributed by atoms with van der Waals surface area (Å²) in [7, 11) is 0. The highest BCUT2D eigenvalue weighted by Crippen LogP contribution is 2.30. The van der Waals surface area contributed by atoms with Gasteiger partial charge in [-0.3, -0.25) is 9.89 Å². The van der Waals surface area contributed by atoms with Crippen LogP contribution in [0.2, 0.25) is 0 Å². The fraction of sp³-hybridized carbons (Fsp3) is 0.222. The summed E-state index contributed by atoms with van der Waals surface area (Å²) in [5, 5.41) is 9.82. The van der Waals surface area contributed by atoms with Crippen molar-refractivity contribution in [3.05, 3.63) is 47.8 Å². The number of para-hydroxylation sites is 1. The molecule has 2 heterocycles. The van der Waals surface area contributed by atoms with Crippen molar-refractivity contribution in [1.82, 2.24) is 10.2 Å². The molecule has 0 unspecified atom stereocenters. The molecular formula is C18H16FN3O3. The number of ether oxygens (including phenoxy) is 2. The van der Waals surface area contributed by atoms with E-state index in [4.69, 9.17) is 9.47 Å². The number of nitrogens with one attached hydrogen (secondary N) is 2. The number of nitrogens with zero attached hydrogens (tertiary/aromatic N) is 1. The largest absolute Gasteiger partial charge is 0.490 e. The van der Waals surface area contributed by atoms with Crippen LogP contribution < -0.4 is 14.8 Å². The van der Waals surface area contributed by atoms with Crippen molar-refractivity contribution in [2.75, 3.05) is 18.5 Å². The minimum atomic E-state index is -0.409. The molecule has 0 radical (unpaired) electrons. The topological polar surface area (TPSA) is 76.2 Å². The number of hydrogen-bond donors (Lipinski definition) is 2. The average molecular weight is 341 g/mol. The number of fused-ring (bicyclic) bond motifs is 2. The van der Waals surface area contributed by atoms with E-state index >= 15 is 0 Å². The molecule has 0 aliphatic carbocycles. The Kier molecular flexibility index (Phi) is 3.97. The second-order valence-corrected chi connectivity index (χ2v) is 5.79. The molecule has 2 aromatic carbocycles. The summed E-state index contributed by atoms with van der Waals surface area (Å²) in [5.74, 6) is 1.000. The number of hydrogen-bond acceptors (Lipinski definition) is 4. The van der Waals surface area contributed by atoms with E-state index in [1.54, 1.807) is 12.1 Å². The molecule has 0 saturated heterocycles. The van der Waals surface area contributed by atoms with Gasteiger partial charge in [0.15, 0.2) is 17.3 Å². The third-order valence-electron chi connectivity index (χ3n) is 3.98. The number of benzene rings is 2. The molecule has 0 spiro atoms. The number of amides is 1. The number of carbonyl (C=O) groups is 1. The Morgan fingerprint density at radius 3 is 2.92 bits per heavy atom. The minimum Gasteiger partial charge on any atom is -0.490 e. The van der Waals surface area contributed by atoms with E-state index in [9.17, 15) is 9.18 Å². The standard InChI is InChI=1S/C18H16FN3O3/c19-13-4-1-3-12-17(13)21-22-18(12)20-16(23)10-11-5-6-14-15(9-11)25-8-2-7-24-14/h1,3-6,9H,2,7-8,10H2,(H2,20,21,22,23). The maximum atomic E-state index is 13.7. The normalized spacial score (nSPS) is 13.5. The predicted molar refractivity (Wildman–Crippen MR) is 90.4 cm³/mol. The van der Waals surface area contributed by atoms with Crippen molar-refractivity contribution in [3.8, 4) is 11.5 Å². The average Bonchev–Trinajstić information content (AvgIpc) is 2.86. The number of anilines is 1. The lowest BCUT2D eigenvalue weighted by Gasteiger charge is -2.09. The molecule has 2 N–H and O–H groups in total. The van der Waals surface area contributed by atoms with Crippen LogP contribution in [-0.4, -0.2) is 29.3 Å². The van der Waals surface area contributed by atoms with Crippen molar-refractivity contribution in [1.29, 1.82) is 0 Å². The Labute approximate surface area is 142 Å². The monoisotopic (exact) mass is 341 g/mol. The number of aromatic nitrogens is 2. The summed E-state index contributed by atoms with van der Waals surface area (Å²) in [6.45, 7) is 1.21. The Bertz CT molecular complexity index is 938. The first-order valence-corrected chi connectivity index (χ1v) is 8.02. The number of halogens is 1. The molecular weight excluding hydrogens is 325 g/mol. The van der Waals surface area contributed by atoms with Gasteiger partial charge in [-0.15, -0.1) is 0 Å². The fourth-order valence-electron chi connectivity index (χ4n) is 2.78. The minimum absolute atomic E-state index is 0.153. The van der Waals surface area contributed by atoms with E-state index in [2.05, 4.69) is 15.5 Å². The second-order valence-electron chi connectivity index (χ2n) is 5.79. The molecule has 25 heavy (non-hydrogen) atoms. The van der Waals surface area contributed by atoms with Gasteiger partial charge in [-0.2, -0.15) is 5.10 Å². The van der Waals surface area contributed by atoms with Gasteiger partial charge in [0.05, 0.1) is 19.6 Å². The first-order chi connectivity index (χ1) is 12.2. The van der Waals surface area contributed by atoms with Crippen molar-refractivity contribution < 1.29 is 18.7 Å². The molecule has 7 heteroatoms. The van der Waals surface area contributed by atoms with Crippen molar-refractivity contribution in [2.45, 2.75) is 12.8 Å². The van der Waals surface area contributed by atoms with E-state index in [0.29, 0.717) is 35.9 Å². The van der Waals surface area contributed by atoms with Crippen LogP contribution in [0.1, 0.15) is 12.0 Å². The van der Waals surface area contributed by atoms with Crippen LogP contribution in [0, 0.1) is 5.82 Å². The molecule has 1 aliphatic rings. The van der Waals surface area contributed by atoms with E-state index < -0.39 is 5.82 Å². The van der Waals surface area contributed by atoms with Crippen LogP contribution in [0.3, 0.4) is 0 Å². The van der Waals surface area contributed by atoms with Crippen molar-refractivity contribution >= 4 is 22.6 Å². The summed E-state index contributed by atoms with van der Waals surface area (Å²) in [6, 6.07) is 10.1. The Hall–Kier alpha value is -3.09. The van der Waals surface area contributed by atoms with Gasteiger partial charge in [0.1, 0.15) is 11.3 Å². The second kappa shape index (κ2) is 6.43. The zero-order chi connectivity index (χ0) is 17.2. The molecule has 128 valence electrons. The lowest BCUT2D eigenvalue weighted by Crippen LogP contribution is -2.15. The first kappa shape index (κ1) is 15.4. The first-order valence-electron chi connectivity index (χ1n) is 8.02. The lowest BCUT2D eigenvalue weighted by atomic mass is 10.1. The molecule has 0 fully saturated rings. The molecule has 6 nitrogen and oxygen atoms in total. The molecule has 4 rings (SSSR count). The third kappa shape index (κ3) is 3.13. The van der Waals surface area contributed by atoms with Crippen LogP contribution in [-0.2, 0) is 11.2 Å². The van der Waals surface area contributed by atoms with Crippen LogP contribution >= 0.6 is 0 Å². The van der Waals surface area contributed by atoms with Gasteiger partial charge < -0.3 is 14.8 Å². The van der Waals surface area contributed by atoms with Crippen molar-refractivity contribution in [3.63, 3.8) is 0 Å². The van der Waals surface area contributed by atoms with Gasteiger partial charge in [-0.05, 0) is 29.8 Å². The summed E-state index contributed by atoms with van der Waals surface area (Å²) >= 11 is 0. The van der Waals surface area contributed by atoms with E-state index in [1.165, 1.54) is 6.07 Å². The Morgan fingerprint density at radius 1 is 1.20 bits per heavy atom. The van der Waals surface area contributed by atoms with Gasteiger partial charge >= 0.3 is 0 Å². The Balaban J connectivity index is 1.50. The number of H-pyrrole nitrogens is 1.